The van der Waals surface area contributed by atoms with Gasteiger partial charge >= 0.3 is 5.97 Å². The summed E-state index contributed by atoms with van der Waals surface area (Å²) in [4.78, 5) is 34.7. The fourth-order valence-corrected chi connectivity index (χ4v) is 2.59. The zero-order chi connectivity index (χ0) is 19.7. The molecule has 0 aromatic heterocycles. The van der Waals surface area contributed by atoms with Gasteiger partial charge in [0.15, 0.2) is 0 Å². The SMILES string of the molecule is O=CCCOCCOCCOCCOCCC(=O)N1CCC(C(=O)O)CC1. The minimum Gasteiger partial charge on any atom is -0.481 e. The van der Waals surface area contributed by atoms with Crippen LogP contribution in [0.1, 0.15) is 25.7 Å². The Morgan fingerprint density at radius 1 is 0.852 bits per heavy atom. The number of rotatable bonds is 16. The van der Waals surface area contributed by atoms with Gasteiger partial charge in [0.1, 0.15) is 6.29 Å². The molecule has 0 aliphatic carbocycles. The van der Waals surface area contributed by atoms with Gasteiger partial charge in [-0.1, -0.05) is 0 Å². The number of carboxylic acid groups (broad SMARTS) is 1. The molecule has 1 rings (SSSR count). The maximum atomic E-state index is 12.0. The lowest BCUT2D eigenvalue weighted by Gasteiger charge is -2.30. The highest BCUT2D eigenvalue weighted by atomic mass is 16.6. The molecule has 0 radical (unpaired) electrons. The maximum absolute atomic E-state index is 12.0. The second-order valence-electron chi connectivity index (χ2n) is 6.15. The first-order valence-electron chi connectivity index (χ1n) is 9.40. The van der Waals surface area contributed by atoms with Gasteiger partial charge in [0.2, 0.25) is 5.91 Å². The number of ether oxygens (including phenoxy) is 4. The maximum Gasteiger partial charge on any atom is 0.306 e. The molecule has 1 aliphatic heterocycles. The summed E-state index contributed by atoms with van der Waals surface area (Å²) in [6.45, 7) is 4.42. The van der Waals surface area contributed by atoms with E-state index in [0.717, 1.165) is 6.29 Å². The Hall–Kier alpha value is -1.55. The van der Waals surface area contributed by atoms with Crippen LogP contribution in [0.25, 0.3) is 0 Å². The third-order valence-corrected chi connectivity index (χ3v) is 4.15. The van der Waals surface area contributed by atoms with Crippen molar-refractivity contribution in [3.8, 4) is 0 Å². The predicted molar refractivity (Wildman–Crippen MR) is 95.5 cm³/mol. The largest absolute Gasteiger partial charge is 0.481 e. The molecular formula is C18H31NO8. The number of aldehydes is 1. The van der Waals surface area contributed by atoms with Gasteiger partial charge in [-0.2, -0.15) is 0 Å². The first-order valence-corrected chi connectivity index (χ1v) is 9.40. The van der Waals surface area contributed by atoms with Gasteiger partial charge in [0, 0.05) is 19.5 Å². The molecule has 0 unspecified atom stereocenters. The fraction of sp³-hybridized carbons (Fsp3) is 0.833. The summed E-state index contributed by atoms with van der Waals surface area (Å²) in [5.74, 6) is -1.11. The Balaban J connectivity index is 1.84. The van der Waals surface area contributed by atoms with E-state index >= 15 is 0 Å². The first kappa shape index (κ1) is 23.5. The molecule has 1 aliphatic rings. The molecule has 0 saturated carbocycles. The van der Waals surface area contributed by atoms with Crippen molar-refractivity contribution in [2.45, 2.75) is 25.7 Å². The summed E-state index contributed by atoms with van der Waals surface area (Å²) < 4.78 is 21.2. The van der Waals surface area contributed by atoms with Crippen LogP contribution in [0.4, 0.5) is 0 Å². The Morgan fingerprint density at radius 3 is 1.81 bits per heavy atom. The van der Waals surface area contributed by atoms with Crippen LogP contribution in [0.15, 0.2) is 0 Å². The molecule has 0 bridgehead atoms. The standard InChI is InChI=1S/C18H31NO8/c20-7-1-8-24-10-12-26-14-15-27-13-11-25-9-4-17(21)19-5-2-16(3-6-19)18(22)23/h7,16H,1-6,8-15H2,(H,22,23). The second kappa shape index (κ2) is 15.5. The lowest BCUT2D eigenvalue weighted by molar-refractivity contribution is -0.146. The highest BCUT2D eigenvalue weighted by molar-refractivity contribution is 5.77. The molecule has 0 spiro atoms. The van der Waals surface area contributed by atoms with E-state index in [2.05, 4.69) is 0 Å². The van der Waals surface area contributed by atoms with Crippen LogP contribution in [0.5, 0.6) is 0 Å². The van der Waals surface area contributed by atoms with E-state index < -0.39 is 5.97 Å². The Bertz CT molecular complexity index is 424. The molecule has 1 saturated heterocycles. The normalized spacial score (nSPS) is 15.0. The fourth-order valence-electron chi connectivity index (χ4n) is 2.59. The van der Waals surface area contributed by atoms with E-state index in [4.69, 9.17) is 24.1 Å². The van der Waals surface area contributed by atoms with E-state index in [1.807, 2.05) is 0 Å². The van der Waals surface area contributed by atoms with E-state index in [1.54, 1.807) is 4.90 Å². The van der Waals surface area contributed by atoms with Gasteiger partial charge in [-0.15, -0.1) is 0 Å². The Kier molecular flexibility index (Phi) is 13.5. The summed E-state index contributed by atoms with van der Waals surface area (Å²) in [5.41, 5.74) is 0. The van der Waals surface area contributed by atoms with Crippen LogP contribution in [-0.2, 0) is 33.3 Å². The van der Waals surface area contributed by atoms with Crippen LogP contribution in [-0.4, -0.2) is 94.1 Å². The van der Waals surface area contributed by atoms with E-state index in [1.165, 1.54) is 0 Å². The number of nitrogens with zero attached hydrogens (tertiary/aromatic N) is 1. The highest BCUT2D eigenvalue weighted by Crippen LogP contribution is 2.17. The average molecular weight is 389 g/mol. The topological polar surface area (TPSA) is 112 Å². The lowest BCUT2D eigenvalue weighted by Crippen LogP contribution is -2.40. The van der Waals surface area contributed by atoms with Crippen LogP contribution >= 0.6 is 0 Å². The summed E-state index contributed by atoms with van der Waals surface area (Å²) in [6, 6.07) is 0. The van der Waals surface area contributed by atoms with Gasteiger partial charge in [-0.3, -0.25) is 9.59 Å². The van der Waals surface area contributed by atoms with Crippen LogP contribution in [0.2, 0.25) is 0 Å². The molecule has 1 amide bonds. The minimum atomic E-state index is -0.779. The highest BCUT2D eigenvalue weighted by Gasteiger charge is 2.26. The van der Waals surface area contributed by atoms with Crippen LogP contribution in [0, 0.1) is 5.92 Å². The number of hydrogen-bond donors (Lipinski definition) is 1. The Labute approximate surface area is 159 Å². The van der Waals surface area contributed by atoms with Crippen LogP contribution in [0.3, 0.4) is 0 Å². The molecule has 0 aromatic carbocycles. The summed E-state index contributed by atoms with van der Waals surface area (Å²) in [7, 11) is 0. The van der Waals surface area contributed by atoms with Crippen molar-refractivity contribution < 1.29 is 38.4 Å². The number of piperidine rings is 1. The molecule has 0 aromatic rings. The van der Waals surface area contributed by atoms with E-state index in [0.29, 0.717) is 91.6 Å². The van der Waals surface area contributed by atoms with Crippen molar-refractivity contribution in [3.05, 3.63) is 0 Å². The van der Waals surface area contributed by atoms with Crippen molar-refractivity contribution in [3.63, 3.8) is 0 Å². The lowest BCUT2D eigenvalue weighted by atomic mass is 9.97. The molecular weight excluding hydrogens is 358 g/mol. The minimum absolute atomic E-state index is 0.00326. The average Bonchev–Trinajstić information content (AvgIpc) is 2.68. The van der Waals surface area contributed by atoms with Crippen molar-refractivity contribution in [1.82, 2.24) is 4.90 Å². The van der Waals surface area contributed by atoms with Crippen molar-refractivity contribution in [2.24, 2.45) is 5.92 Å². The van der Waals surface area contributed by atoms with Crippen molar-refractivity contribution in [2.75, 3.05) is 65.9 Å². The smallest absolute Gasteiger partial charge is 0.306 e. The summed E-state index contributed by atoms with van der Waals surface area (Å²) in [6.07, 6.45) is 2.55. The molecule has 0 atom stereocenters. The number of amides is 1. The van der Waals surface area contributed by atoms with Crippen molar-refractivity contribution >= 4 is 18.2 Å². The summed E-state index contributed by atoms with van der Waals surface area (Å²) in [5, 5.41) is 8.95. The Morgan fingerprint density at radius 2 is 1.33 bits per heavy atom. The van der Waals surface area contributed by atoms with Gasteiger partial charge < -0.3 is 33.7 Å². The molecule has 1 fully saturated rings. The second-order valence-corrected chi connectivity index (χ2v) is 6.15. The number of carbonyl (C=O) groups is 3. The van der Waals surface area contributed by atoms with E-state index in [9.17, 15) is 14.4 Å². The molecule has 9 nitrogen and oxygen atoms in total. The summed E-state index contributed by atoms with van der Waals surface area (Å²) >= 11 is 0. The number of likely N-dealkylation sites (tertiary alicyclic amines) is 1. The third kappa shape index (κ3) is 11.7. The van der Waals surface area contributed by atoms with Gasteiger partial charge in [0.25, 0.3) is 0 Å². The molecule has 27 heavy (non-hydrogen) atoms. The number of aliphatic carboxylic acids is 1. The number of carbonyl (C=O) groups excluding carboxylic acids is 2. The zero-order valence-corrected chi connectivity index (χ0v) is 15.8. The predicted octanol–water partition coefficient (Wildman–Crippen LogP) is 0.355. The van der Waals surface area contributed by atoms with Gasteiger partial charge in [0.05, 0.1) is 65.2 Å². The number of carboxylic acids is 1. The first-order chi connectivity index (χ1) is 13.1. The van der Waals surface area contributed by atoms with Crippen LogP contribution < -0.4 is 0 Å². The molecule has 1 heterocycles. The van der Waals surface area contributed by atoms with Gasteiger partial charge in [-0.25, -0.2) is 0 Å². The monoisotopic (exact) mass is 389 g/mol. The molecule has 156 valence electrons. The van der Waals surface area contributed by atoms with E-state index in [-0.39, 0.29) is 11.8 Å². The molecule has 9 heteroatoms. The zero-order valence-electron chi connectivity index (χ0n) is 15.8. The quantitative estimate of drug-likeness (QED) is 0.297. The third-order valence-electron chi connectivity index (χ3n) is 4.15. The molecule has 1 N–H and O–H groups in total. The van der Waals surface area contributed by atoms with Gasteiger partial charge in [-0.05, 0) is 12.8 Å². The number of hydrogen-bond acceptors (Lipinski definition) is 7. The van der Waals surface area contributed by atoms with Crippen molar-refractivity contribution in [1.29, 1.82) is 0 Å².